The fourth-order valence-corrected chi connectivity index (χ4v) is 2.90. The van der Waals surface area contributed by atoms with E-state index in [1.807, 2.05) is 13.1 Å². The summed E-state index contributed by atoms with van der Waals surface area (Å²) in [5.41, 5.74) is 0.0986. The highest BCUT2D eigenvalue weighted by Gasteiger charge is 2.44. The number of carbonyl (C=O) groups excluding carboxylic acids is 1. The van der Waals surface area contributed by atoms with E-state index in [0.717, 1.165) is 0 Å². The molecule has 0 aliphatic heterocycles. The van der Waals surface area contributed by atoms with Crippen LogP contribution >= 0.6 is 0 Å². The van der Waals surface area contributed by atoms with Crippen molar-refractivity contribution in [3.63, 3.8) is 0 Å². The van der Waals surface area contributed by atoms with E-state index < -0.39 is 39.0 Å². The first-order valence-electron chi connectivity index (χ1n) is 6.41. The van der Waals surface area contributed by atoms with Crippen molar-refractivity contribution in [2.45, 2.75) is 57.2 Å². The Balaban J connectivity index is 3.00. The molecule has 0 saturated heterocycles. The number of hydrogen-bond acceptors (Lipinski definition) is 5. The average molecular weight is 288 g/mol. The summed E-state index contributed by atoms with van der Waals surface area (Å²) in [6.07, 6.45) is -2.13. The van der Waals surface area contributed by atoms with Gasteiger partial charge in [-0.15, -0.1) is 0 Å². The summed E-state index contributed by atoms with van der Waals surface area (Å²) in [4.78, 5) is 11.6. The van der Waals surface area contributed by atoms with Crippen molar-refractivity contribution in [3.8, 4) is 0 Å². The zero-order valence-corrected chi connectivity index (χ0v) is 13.2. The Kier molecular flexibility index (Phi) is 4.74. The molecule has 0 fully saturated rings. The third-order valence-corrected chi connectivity index (χ3v) is 8.49. The van der Waals surface area contributed by atoms with E-state index in [4.69, 9.17) is 9.53 Å². The summed E-state index contributed by atoms with van der Waals surface area (Å²) in [5.74, 6) is -0.634. The van der Waals surface area contributed by atoms with Crippen LogP contribution in [-0.4, -0.2) is 54.3 Å². The monoisotopic (exact) mass is 288 g/mol. The Morgan fingerprint density at radius 1 is 1.32 bits per heavy atom. The molecule has 0 aromatic carbocycles. The topological polar surface area (TPSA) is 87.0 Å². The first-order chi connectivity index (χ1) is 8.51. The predicted molar refractivity (Wildman–Crippen MR) is 74.3 cm³/mol. The lowest BCUT2D eigenvalue weighted by molar-refractivity contribution is -0.135. The number of ketones is 1. The van der Waals surface area contributed by atoms with Gasteiger partial charge in [0.25, 0.3) is 0 Å². The van der Waals surface area contributed by atoms with Crippen LogP contribution in [0.1, 0.15) is 20.8 Å². The number of rotatable bonds is 3. The smallest absolute Gasteiger partial charge is 0.193 e. The maximum absolute atomic E-state index is 11.6. The summed E-state index contributed by atoms with van der Waals surface area (Å²) in [6.45, 7) is 9.77. The van der Waals surface area contributed by atoms with E-state index >= 15 is 0 Å². The molecule has 0 saturated carbocycles. The minimum atomic E-state index is -2.14. The van der Waals surface area contributed by atoms with Crippen LogP contribution in [0.4, 0.5) is 0 Å². The van der Waals surface area contributed by atoms with Gasteiger partial charge >= 0.3 is 0 Å². The molecular formula is C13H24O5Si. The minimum Gasteiger partial charge on any atom is -0.408 e. The number of carbonyl (C=O) groups is 1. The van der Waals surface area contributed by atoms with Gasteiger partial charge in [0, 0.05) is 5.57 Å². The molecule has 0 bridgehead atoms. The number of aliphatic hydroxyl groups is 3. The number of aliphatic hydroxyl groups excluding tert-OH is 3. The Morgan fingerprint density at radius 2 is 1.84 bits per heavy atom. The van der Waals surface area contributed by atoms with E-state index in [9.17, 15) is 15.0 Å². The molecule has 3 atom stereocenters. The van der Waals surface area contributed by atoms with Gasteiger partial charge in [-0.2, -0.15) is 0 Å². The van der Waals surface area contributed by atoms with E-state index in [-0.39, 0.29) is 10.6 Å². The van der Waals surface area contributed by atoms with Crippen molar-refractivity contribution in [2.75, 3.05) is 6.61 Å². The molecule has 0 spiro atoms. The van der Waals surface area contributed by atoms with Crippen LogP contribution in [0.15, 0.2) is 11.6 Å². The fourth-order valence-electron chi connectivity index (χ4n) is 1.66. The minimum absolute atomic E-state index is 0.0493. The van der Waals surface area contributed by atoms with Gasteiger partial charge in [0.15, 0.2) is 14.1 Å². The van der Waals surface area contributed by atoms with Gasteiger partial charge in [0.05, 0.1) is 12.7 Å². The molecule has 0 radical (unpaired) electrons. The molecule has 19 heavy (non-hydrogen) atoms. The summed E-state index contributed by atoms with van der Waals surface area (Å²) >= 11 is 0. The van der Waals surface area contributed by atoms with Crippen LogP contribution in [0.3, 0.4) is 0 Å². The number of hydrogen-bond donors (Lipinski definition) is 3. The molecule has 1 aliphatic rings. The third-order valence-electron chi connectivity index (χ3n) is 4.02. The van der Waals surface area contributed by atoms with Crippen molar-refractivity contribution in [3.05, 3.63) is 11.6 Å². The first kappa shape index (κ1) is 16.5. The van der Waals surface area contributed by atoms with Crippen LogP contribution < -0.4 is 0 Å². The highest BCUT2D eigenvalue weighted by Crippen LogP contribution is 2.38. The van der Waals surface area contributed by atoms with Gasteiger partial charge in [0.1, 0.15) is 12.2 Å². The molecule has 0 amide bonds. The van der Waals surface area contributed by atoms with Gasteiger partial charge < -0.3 is 19.7 Å². The molecular weight excluding hydrogens is 264 g/mol. The molecule has 0 unspecified atom stereocenters. The Morgan fingerprint density at radius 3 is 2.26 bits per heavy atom. The van der Waals surface area contributed by atoms with Crippen molar-refractivity contribution in [2.24, 2.45) is 0 Å². The van der Waals surface area contributed by atoms with E-state index in [1.165, 1.54) is 6.08 Å². The molecule has 1 rings (SSSR count). The fraction of sp³-hybridized carbons (Fsp3) is 0.769. The summed E-state index contributed by atoms with van der Waals surface area (Å²) in [7, 11) is -2.14. The normalized spacial score (nSPS) is 29.4. The highest BCUT2D eigenvalue weighted by molar-refractivity contribution is 6.74. The van der Waals surface area contributed by atoms with Crippen LogP contribution in [0.25, 0.3) is 0 Å². The summed E-state index contributed by atoms with van der Waals surface area (Å²) < 4.78 is 6.00. The third kappa shape index (κ3) is 3.32. The van der Waals surface area contributed by atoms with Crippen LogP contribution in [0.5, 0.6) is 0 Å². The van der Waals surface area contributed by atoms with Crippen molar-refractivity contribution in [1.82, 2.24) is 0 Å². The first-order valence-corrected chi connectivity index (χ1v) is 9.32. The lowest BCUT2D eigenvalue weighted by Gasteiger charge is -2.41. The van der Waals surface area contributed by atoms with Gasteiger partial charge in [-0.25, -0.2) is 0 Å². The zero-order chi connectivity index (χ0) is 15.0. The Hall–Kier alpha value is -0.533. The molecule has 1 aliphatic carbocycles. The van der Waals surface area contributed by atoms with Gasteiger partial charge in [-0.1, -0.05) is 20.8 Å². The standard InChI is InChI=1S/C13H24O5Si/c1-13(2,3)19(4,5)18-9-6-8(7-14)10(15)12(17)11(9)16/h6,9,11-12,14,16-17H,7H2,1-5H3/t9-,11-,12+/m0/s1. The van der Waals surface area contributed by atoms with Crippen molar-refractivity contribution < 1.29 is 24.5 Å². The highest BCUT2D eigenvalue weighted by atomic mass is 28.4. The molecule has 0 heterocycles. The van der Waals surface area contributed by atoms with Crippen LogP contribution in [0.2, 0.25) is 18.1 Å². The second-order valence-electron chi connectivity index (χ2n) is 6.49. The maximum Gasteiger partial charge on any atom is 0.193 e. The number of Topliss-reactive ketones (excluding diaryl/α,β-unsaturated/α-hetero) is 1. The van der Waals surface area contributed by atoms with Gasteiger partial charge in [0.2, 0.25) is 0 Å². The van der Waals surface area contributed by atoms with Crippen molar-refractivity contribution >= 4 is 14.1 Å². The quantitative estimate of drug-likeness (QED) is 0.662. The van der Waals surface area contributed by atoms with Gasteiger partial charge in [-0.05, 0) is 24.2 Å². The predicted octanol–water partition coefficient (Wildman–Crippen LogP) is 0.600. The lowest BCUT2D eigenvalue weighted by atomic mass is 9.91. The second-order valence-corrected chi connectivity index (χ2v) is 11.2. The van der Waals surface area contributed by atoms with E-state index in [0.29, 0.717) is 0 Å². The molecule has 6 heteroatoms. The summed E-state index contributed by atoms with van der Waals surface area (Å²) in [6, 6.07) is 0. The molecule has 5 nitrogen and oxygen atoms in total. The maximum atomic E-state index is 11.6. The zero-order valence-electron chi connectivity index (χ0n) is 12.2. The van der Waals surface area contributed by atoms with Gasteiger partial charge in [-0.3, -0.25) is 4.79 Å². The van der Waals surface area contributed by atoms with Crippen LogP contribution in [-0.2, 0) is 9.22 Å². The average Bonchev–Trinajstić information content (AvgIpc) is 2.28. The summed E-state index contributed by atoms with van der Waals surface area (Å²) in [5, 5.41) is 28.7. The lowest BCUT2D eigenvalue weighted by Crippen LogP contribution is -2.53. The van der Waals surface area contributed by atoms with E-state index in [2.05, 4.69) is 20.8 Å². The Bertz CT molecular complexity index is 383. The van der Waals surface area contributed by atoms with Crippen LogP contribution in [0, 0.1) is 0 Å². The Labute approximate surface area is 115 Å². The van der Waals surface area contributed by atoms with Crippen molar-refractivity contribution in [1.29, 1.82) is 0 Å². The largest absolute Gasteiger partial charge is 0.408 e. The molecule has 3 N–H and O–H groups in total. The molecule has 110 valence electrons. The molecule has 0 aromatic rings. The molecule has 0 aromatic heterocycles. The SMILES string of the molecule is CC(C)(C)[Si](C)(C)O[C@H]1C=C(CO)C(=O)[C@@H](O)[C@H]1O. The second kappa shape index (κ2) is 5.45. The van der Waals surface area contributed by atoms with E-state index in [1.54, 1.807) is 0 Å².